The molecule has 0 heterocycles. The highest BCUT2D eigenvalue weighted by molar-refractivity contribution is 7.92. The number of amides is 2. The molecule has 1 unspecified atom stereocenters. The summed E-state index contributed by atoms with van der Waals surface area (Å²) in [5, 5.41) is 2.88. The molecule has 2 amide bonds. The van der Waals surface area contributed by atoms with Crippen molar-refractivity contribution in [1.29, 1.82) is 0 Å². The predicted molar refractivity (Wildman–Crippen MR) is 144 cm³/mol. The van der Waals surface area contributed by atoms with Crippen LogP contribution in [0.15, 0.2) is 77.7 Å². The molecular formula is C27H30ClN3O5S. The highest BCUT2D eigenvalue weighted by Crippen LogP contribution is 2.27. The van der Waals surface area contributed by atoms with Crippen molar-refractivity contribution in [3.05, 3.63) is 88.9 Å². The second-order valence-corrected chi connectivity index (χ2v) is 10.8. The lowest BCUT2D eigenvalue weighted by Gasteiger charge is -2.31. The number of hydrogen-bond donors (Lipinski definition) is 1. The number of carbonyl (C=O) groups excluding carboxylic acids is 2. The zero-order valence-corrected chi connectivity index (χ0v) is 22.7. The minimum Gasteiger partial charge on any atom is -0.497 e. The number of methoxy groups -OCH3 is 1. The number of rotatable bonds is 10. The van der Waals surface area contributed by atoms with E-state index in [0.717, 1.165) is 15.4 Å². The summed E-state index contributed by atoms with van der Waals surface area (Å²) in [6.07, 6.45) is 0. The van der Waals surface area contributed by atoms with Gasteiger partial charge in [0.15, 0.2) is 0 Å². The van der Waals surface area contributed by atoms with E-state index in [1.165, 1.54) is 30.1 Å². The van der Waals surface area contributed by atoms with Crippen molar-refractivity contribution < 1.29 is 22.7 Å². The van der Waals surface area contributed by atoms with E-state index in [4.69, 9.17) is 16.3 Å². The van der Waals surface area contributed by atoms with Gasteiger partial charge < -0.3 is 15.0 Å². The molecule has 0 radical (unpaired) electrons. The Balaban J connectivity index is 2.01. The van der Waals surface area contributed by atoms with Crippen LogP contribution in [0, 0.1) is 6.92 Å². The van der Waals surface area contributed by atoms with Gasteiger partial charge in [-0.05, 0) is 61.9 Å². The predicted octanol–water partition coefficient (Wildman–Crippen LogP) is 4.02. The fraction of sp³-hybridized carbons (Fsp3) is 0.259. The summed E-state index contributed by atoms with van der Waals surface area (Å²) in [7, 11) is -1.11. The Morgan fingerprint density at radius 1 is 1.03 bits per heavy atom. The first-order valence-electron chi connectivity index (χ1n) is 11.6. The largest absolute Gasteiger partial charge is 0.497 e. The number of likely N-dealkylation sites (N-methyl/N-ethyl adjacent to an activating group) is 1. The van der Waals surface area contributed by atoms with Crippen LogP contribution in [0.1, 0.15) is 18.1 Å². The van der Waals surface area contributed by atoms with Gasteiger partial charge in [0.2, 0.25) is 11.8 Å². The molecule has 10 heteroatoms. The molecule has 0 spiro atoms. The van der Waals surface area contributed by atoms with Crippen molar-refractivity contribution in [3.63, 3.8) is 0 Å². The summed E-state index contributed by atoms with van der Waals surface area (Å²) in [6.45, 7) is 3.00. The minimum atomic E-state index is -4.14. The molecule has 8 nitrogen and oxygen atoms in total. The molecule has 1 N–H and O–H groups in total. The van der Waals surface area contributed by atoms with Crippen LogP contribution in [0.4, 0.5) is 5.69 Å². The molecule has 0 aliphatic heterocycles. The lowest BCUT2D eigenvalue weighted by molar-refractivity contribution is -0.139. The second-order valence-electron chi connectivity index (χ2n) is 8.46. The molecule has 3 rings (SSSR count). The van der Waals surface area contributed by atoms with Gasteiger partial charge in [0.25, 0.3) is 10.0 Å². The molecule has 1 atom stereocenters. The minimum absolute atomic E-state index is 0.0342. The van der Waals surface area contributed by atoms with Crippen molar-refractivity contribution in [3.8, 4) is 5.75 Å². The number of benzene rings is 3. The van der Waals surface area contributed by atoms with Crippen LogP contribution < -0.4 is 14.4 Å². The molecule has 0 bridgehead atoms. The Labute approximate surface area is 222 Å². The maximum atomic E-state index is 13.7. The van der Waals surface area contributed by atoms with Gasteiger partial charge in [0.1, 0.15) is 18.3 Å². The molecule has 37 heavy (non-hydrogen) atoms. The van der Waals surface area contributed by atoms with Crippen LogP contribution in [0.5, 0.6) is 5.75 Å². The average molecular weight is 544 g/mol. The summed E-state index contributed by atoms with van der Waals surface area (Å²) in [4.78, 5) is 27.6. The standard InChI is InChI=1S/C27H30ClN3O5S/c1-19-8-14-25(15-9-19)37(34,35)31(23-7-5-6-22(28)16-23)18-26(32)30(20(2)27(33)29-3)17-21-10-12-24(36-4)13-11-21/h5-16,20H,17-18H2,1-4H3,(H,29,33). The number of sulfonamides is 1. The Kier molecular flexibility index (Phi) is 9.18. The topological polar surface area (TPSA) is 96.0 Å². The van der Waals surface area contributed by atoms with E-state index in [-0.39, 0.29) is 23.0 Å². The van der Waals surface area contributed by atoms with E-state index in [1.807, 2.05) is 6.92 Å². The quantitative estimate of drug-likeness (QED) is 0.417. The van der Waals surface area contributed by atoms with Crippen LogP contribution >= 0.6 is 11.6 Å². The van der Waals surface area contributed by atoms with Crippen molar-refractivity contribution in [1.82, 2.24) is 10.2 Å². The molecule has 0 fully saturated rings. The maximum absolute atomic E-state index is 13.7. The third-order valence-electron chi connectivity index (χ3n) is 5.91. The van der Waals surface area contributed by atoms with Gasteiger partial charge in [-0.15, -0.1) is 0 Å². The SMILES string of the molecule is CNC(=O)C(C)N(Cc1ccc(OC)cc1)C(=O)CN(c1cccc(Cl)c1)S(=O)(=O)c1ccc(C)cc1. The lowest BCUT2D eigenvalue weighted by Crippen LogP contribution is -2.50. The highest BCUT2D eigenvalue weighted by atomic mass is 35.5. The van der Waals surface area contributed by atoms with Crippen LogP contribution in [0.25, 0.3) is 0 Å². The summed E-state index contributed by atoms with van der Waals surface area (Å²) >= 11 is 6.17. The molecule has 0 aromatic heterocycles. The molecule has 3 aromatic rings. The Morgan fingerprint density at radius 2 is 1.68 bits per heavy atom. The molecule has 0 aliphatic rings. The van der Waals surface area contributed by atoms with Gasteiger partial charge in [-0.3, -0.25) is 13.9 Å². The van der Waals surface area contributed by atoms with E-state index in [1.54, 1.807) is 68.6 Å². The number of ether oxygens (including phenoxy) is 1. The normalized spacial score (nSPS) is 11.9. The number of hydrogen-bond acceptors (Lipinski definition) is 5. The first-order valence-corrected chi connectivity index (χ1v) is 13.4. The van der Waals surface area contributed by atoms with Crippen molar-refractivity contribution >= 4 is 39.1 Å². The Hall–Kier alpha value is -3.56. The number of nitrogens with one attached hydrogen (secondary N) is 1. The maximum Gasteiger partial charge on any atom is 0.264 e. The lowest BCUT2D eigenvalue weighted by atomic mass is 10.1. The molecule has 0 aliphatic carbocycles. The smallest absolute Gasteiger partial charge is 0.264 e. The van der Waals surface area contributed by atoms with Crippen molar-refractivity contribution in [2.45, 2.75) is 31.3 Å². The highest BCUT2D eigenvalue weighted by Gasteiger charge is 2.32. The first kappa shape index (κ1) is 28.0. The molecule has 0 saturated carbocycles. The van der Waals surface area contributed by atoms with Crippen molar-refractivity contribution in [2.24, 2.45) is 0 Å². The fourth-order valence-electron chi connectivity index (χ4n) is 3.72. The zero-order chi connectivity index (χ0) is 27.2. The molecular weight excluding hydrogens is 514 g/mol. The van der Waals surface area contributed by atoms with Gasteiger partial charge in [-0.1, -0.05) is 47.5 Å². The van der Waals surface area contributed by atoms with Crippen LogP contribution in [-0.2, 0) is 26.2 Å². The van der Waals surface area contributed by atoms with E-state index in [0.29, 0.717) is 10.8 Å². The first-order chi connectivity index (χ1) is 17.6. The van der Waals surface area contributed by atoms with Crippen LogP contribution in [0.2, 0.25) is 5.02 Å². The van der Waals surface area contributed by atoms with E-state index >= 15 is 0 Å². The van der Waals surface area contributed by atoms with E-state index < -0.39 is 28.5 Å². The Bertz CT molecular complexity index is 1350. The van der Waals surface area contributed by atoms with Gasteiger partial charge in [-0.2, -0.15) is 0 Å². The number of nitrogens with zero attached hydrogens (tertiary/aromatic N) is 2. The average Bonchev–Trinajstić information content (AvgIpc) is 2.89. The van der Waals surface area contributed by atoms with Crippen LogP contribution in [-0.4, -0.2) is 51.9 Å². The summed E-state index contributed by atoms with van der Waals surface area (Å²) in [5.74, 6) is -0.280. The van der Waals surface area contributed by atoms with Gasteiger partial charge >= 0.3 is 0 Å². The summed E-state index contributed by atoms with van der Waals surface area (Å²) in [6, 6.07) is 18.9. The van der Waals surface area contributed by atoms with Crippen molar-refractivity contribution in [2.75, 3.05) is 25.0 Å². The Morgan fingerprint density at radius 3 is 2.24 bits per heavy atom. The number of carbonyl (C=O) groups is 2. The zero-order valence-electron chi connectivity index (χ0n) is 21.1. The van der Waals surface area contributed by atoms with E-state index in [2.05, 4.69) is 5.32 Å². The summed E-state index contributed by atoms with van der Waals surface area (Å²) < 4.78 is 33.7. The third-order valence-corrected chi connectivity index (χ3v) is 7.93. The summed E-state index contributed by atoms with van der Waals surface area (Å²) in [5.41, 5.74) is 1.88. The van der Waals surface area contributed by atoms with Gasteiger partial charge in [0, 0.05) is 18.6 Å². The molecule has 0 saturated heterocycles. The number of aryl methyl sites for hydroxylation is 1. The number of halogens is 1. The molecule has 3 aromatic carbocycles. The third kappa shape index (κ3) is 6.81. The molecule has 196 valence electrons. The number of anilines is 1. The van der Waals surface area contributed by atoms with Gasteiger partial charge in [0.05, 0.1) is 17.7 Å². The second kappa shape index (κ2) is 12.1. The van der Waals surface area contributed by atoms with E-state index in [9.17, 15) is 18.0 Å². The monoisotopic (exact) mass is 543 g/mol. The van der Waals surface area contributed by atoms with Crippen LogP contribution in [0.3, 0.4) is 0 Å². The van der Waals surface area contributed by atoms with Gasteiger partial charge in [-0.25, -0.2) is 8.42 Å². The fourth-order valence-corrected chi connectivity index (χ4v) is 5.31.